The predicted octanol–water partition coefficient (Wildman–Crippen LogP) is -0.168. The lowest BCUT2D eigenvalue weighted by atomic mass is 9.96. The quantitative estimate of drug-likeness (QED) is 0.668. The Kier molecular flexibility index (Phi) is 4.36. The number of rotatable bonds is 6. The molecular weight excluding hydrogens is 256 g/mol. The number of aromatic nitrogens is 2. The monoisotopic (exact) mass is 276 g/mol. The van der Waals surface area contributed by atoms with Gasteiger partial charge in [-0.1, -0.05) is 13.8 Å². The molecule has 0 bridgehead atoms. The predicted molar refractivity (Wildman–Crippen MR) is 68.3 cm³/mol. The molecule has 18 heavy (non-hydrogen) atoms. The molecule has 0 aliphatic heterocycles. The Morgan fingerprint density at radius 3 is 2.39 bits per heavy atom. The van der Waals surface area contributed by atoms with Gasteiger partial charge in [0.05, 0.1) is 12.1 Å². The van der Waals surface area contributed by atoms with Gasteiger partial charge < -0.3 is 10.8 Å². The van der Waals surface area contributed by atoms with Crippen LogP contribution in [0.4, 0.5) is 5.82 Å². The normalized spacial score (nSPS) is 12.9. The molecule has 0 atom stereocenters. The van der Waals surface area contributed by atoms with Gasteiger partial charge in [-0.2, -0.15) is 5.10 Å². The summed E-state index contributed by atoms with van der Waals surface area (Å²) in [7, 11) is -2.19. The molecule has 0 radical (unpaired) electrons. The lowest BCUT2D eigenvalue weighted by molar-refractivity contribution is 0.172. The number of aryl methyl sites for hydroxylation is 1. The fourth-order valence-electron chi connectivity index (χ4n) is 1.68. The van der Waals surface area contributed by atoms with E-state index >= 15 is 0 Å². The second kappa shape index (κ2) is 5.25. The first-order chi connectivity index (χ1) is 8.30. The highest BCUT2D eigenvalue weighted by molar-refractivity contribution is 7.89. The van der Waals surface area contributed by atoms with Crippen molar-refractivity contribution in [2.24, 2.45) is 7.05 Å². The summed E-state index contributed by atoms with van der Waals surface area (Å²) < 4.78 is 28.3. The number of aliphatic hydroxyl groups excluding tert-OH is 1. The largest absolute Gasteiger partial charge is 0.394 e. The van der Waals surface area contributed by atoms with Crippen LogP contribution in [0.25, 0.3) is 0 Å². The van der Waals surface area contributed by atoms with Gasteiger partial charge in [-0.25, -0.2) is 13.1 Å². The molecule has 1 rings (SSSR count). The van der Waals surface area contributed by atoms with Gasteiger partial charge in [0.25, 0.3) is 0 Å². The molecule has 0 saturated heterocycles. The Labute approximate surface area is 107 Å². The second-order valence-electron chi connectivity index (χ2n) is 4.30. The zero-order chi connectivity index (χ0) is 14.0. The topological polar surface area (TPSA) is 110 Å². The van der Waals surface area contributed by atoms with Crippen LogP contribution in [0.15, 0.2) is 11.1 Å². The summed E-state index contributed by atoms with van der Waals surface area (Å²) in [5.41, 5.74) is 4.70. The van der Waals surface area contributed by atoms with Gasteiger partial charge in [0.2, 0.25) is 10.0 Å². The Morgan fingerprint density at radius 1 is 1.50 bits per heavy atom. The van der Waals surface area contributed by atoms with Crippen LogP contribution >= 0.6 is 0 Å². The van der Waals surface area contributed by atoms with Crippen LogP contribution in [0.1, 0.15) is 26.7 Å². The van der Waals surface area contributed by atoms with Gasteiger partial charge in [0, 0.05) is 13.2 Å². The molecule has 0 aliphatic carbocycles. The Morgan fingerprint density at radius 2 is 2.06 bits per heavy atom. The van der Waals surface area contributed by atoms with Crippen molar-refractivity contribution in [3.63, 3.8) is 0 Å². The molecule has 0 unspecified atom stereocenters. The molecule has 0 saturated carbocycles. The van der Waals surface area contributed by atoms with E-state index in [1.54, 1.807) is 7.05 Å². The van der Waals surface area contributed by atoms with Crippen LogP contribution in [0.2, 0.25) is 0 Å². The Bertz CT molecular complexity index is 497. The van der Waals surface area contributed by atoms with Crippen molar-refractivity contribution in [2.45, 2.75) is 37.1 Å². The molecule has 0 aliphatic rings. The number of anilines is 1. The third-order valence-corrected chi connectivity index (χ3v) is 4.71. The smallest absolute Gasteiger partial charge is 0.246 e. The molecular formula is C10H20N4O3S. The number of nitrogen functional groups attached to an aromatic ring is 1. The van der Waals surface area contributed by atoms with Gasteiger partial charge in [0.15, 0.2) is 5.82 Å². The summed E-state index contributed by atoms with van der Waals surface area (Å²) in [4.78, 5) is -0.0651. The van der Waals surface area contributed by atoms with Gasteiger partial charge in [-0.3, -0.25) is 4.68 Å². The minimum atomic E-state index is -3.78. The van der Waals surface area contributed by atoms with Crippen LogP contribution in [0, 0.1) is 0 Å². The average molecular weight is 276 g/mol. The molecule has 1 heterocycles. The van der Waals surface area contributed by atoms with Gasteiger partial charge in [-0.15, -0.1) is 0 Å². The summed E-state index contributed by atoms with van der Waals surface area (Å²) in [6.07, 6.45) is 2.31. The summed E-state index contributed by atoms with van der Waals surface area (Å²) >= 11 is 0. The van der Waals surface area contributed by atoms with E-state index in [4.69, 9.17) is 5.73 Å². The number of hydrogen-bond donors (Lipinski definition) is 3. The highest BCUT2D eigenvalue weighted by atomic mass is 32.2. The van der Waals surface area contributed by atoms with E-state index in [2.05, 4.69) is 9.82 Å². The van der Waals surface area contributed by atoms with Crippen LogP contribution in [-0.4, -0.2) is 35.5 Å². The highest BCUT2D eigenvalue weighted by Crippen LogP contribution is 2.21. The summed E-state index contributed by atoms with van der Waals surface area (Å²) in [6.45, 7) is 3.36. The lowest BCUT2D eigenvalue weighted by Crippen LogP contribution is -2.50. The van der Waals surface area contributed by atoms with Crippen molar-refractivity contribution in [1.29, 1.82) is 0 Å². The van der Waals surface area contributed by atoms with E-state index < -0.39 is 15.6 Å². The maximum atomic E-state index is 12.2. The first-order valence-corrected chi connectivity index (χ1v) is 7.22. The summed E-state index contributed by atoms with van der Waals surface area (Å²) in [5, 5.41) is 13.2. The van der Waals surface area contributed by atoms with Crippen molar-refractivity contribution >= 4 is 15.8 Å². The number of hydrogen-bond acceptors (Lipinski definition) is 5. The van der Waals surface area contributed by atoms with Gasteiger partial charge in [0.1, 0.15) is 4.90 Å². The molecule has 8 heteroatoms. The second-order valence-corrected chi connectivity index (χ2v) is 5.95. The fraction of sp³-hybridized carbons (Fsp3) is 0.700. The first-order valence-electron chi connectivity index (χ1n) is 5.74. The molecule has 7 nitrogen and oxygen atoms in total. The lowest BCUT2D eigenvalue weighted by Gasteiger charge is -2.29. The molecule has 1 aromatic heterocycles. The number of nitrogens with one attached hydrogen (secondary N) is 1. The van der Waals surface area contributed by atoms with Crippen molar-refractivity contribution in [1.82, 2.24) is 14.5 Å². The van der Waals surface area contributed by atoms with Crippen molar-refractivity contribution in [3.8, 4) is 0 Å². The zero-order valence-corrected chi connectivity index (χ0v) is 11.7. The molecule has 0 amide bonds. The molecule has 104 valence electrons. The van der Waals surface area contributed by atoms with Crippen LogP contribution in [0.5, 0.6) is 0 Å². The fourth-order valence-corrected chi connectivity index (χ4v) is 3.32. The van der Waals surface area contributed by atoms with Crippen molar-refractivity contribution < 1.29 is 13.5 Å². The summed E-state index contributed by atoms with van der Waals surface area (Å²) in [6, 6.07) is 0. The standard InChI is InChI=1S/C10H20N4O3S/c1-4-10(5-2,7-15)13-18(16,17)8-6-14(3)12-9(8)11/h6,13,15H,4-5,7H2,1-3H3,(H2,11,12). The van der Waals surface area contributed by atoms with Crippen LogP contribution in [-0.2, 0) is 17.1 Å². The van der Waals surface area contributed by atoms with Crippen LogP contribution < -0.4 is 10.5 Å². The van der Waals surface area contributed by atoms with E-state index in [-0.39, 0.29) is 17.3 Å². The Balaban J connectivity index is 3.12. The van der Waals surface area contributed by atoms with Crippen molar-refractivity contribution in [3.05, 3.63) is 6.20 Å². The van der Waals surface area contributed by atoms with Gasteiger partial charge >= 0.3 is 0 Å². The van der Waals surface area contributed by atoms with E-state index in [1.807, 2.05) is 13.8 Å². The summed E-state index contributed by atoms with van der Waals surface area (Å²) in [5.74, 6) is -0.0518. The Hall–Kier alpha value is -1.12. The van der Waals surface area contributed by atoms with Gasteiger partial charge in [-0.05, 0) is 12.8 Å². The highest BCUT2D eigenvalue weighted by Gasteiger charge is 2.33. The maximum Gasteiger partial charge on any atom is 0.246 e. The molecule has 1 aromatic rings. The number of nitrogens with two attached hydrogens (primary N) is 1. The first kappa shape index (κ1) is 14.9. The number of aliphatic hydroxyl groups is 1. The van der Waals surface area contributed by atoms with E-state index in [0.717, 1.165) is 0 Å². The number of nitrogens with zero attached hydrogens (tertiary/aromatic N) is 2. The minimum absolute atomic E-state index is 0.0518. The molecule has 0 fully saturated rings. The molecule has 0 spiro atoms. The third-order valence-electron chi connectivity index (χ3n) is 3.12. The zero-order valence-electron chi connectivity index (χ0n) is 10.8. The van der Waals surface area contributed by atoms with E-state index in [1.165, 1.54) is 10.9 Å². The SMILES string of the molecule is CCC(CC)(CO)NS(=O)(=O)c1cn(C)nc1N. The minimum Gasteiger partial charge on any atom is -0.394 e. The molecule has 0 aromatic carbocycles. The average Bonchev–Trinajstić information content (AvgIpc) is 2.66. The third kappa shape index (κ3) is 2.82. The maximum absolute atomic E-state index is 12.2. The van der Waals surface area contributed by atoms with E-state index in [9.17, 15) is 13.5 Å². The van der Waals surface area contributed by atoms with Crippen molar-refractivity contribution in [2.75, 3.05) is 12.3 Å². The van der Waals surface area contributed by atoms with Crippen LogP contribution in [0.3, 0.4) is 0 Å². The number of sulfonamides is 1. The van der Waals surface area contributed by atoms with E-state index in [0.29, 0.717) is 12.8 Å². The molecule has 4 N–H and O–H groups in total.